The summed E-state index contributed by atoms with van der Waals surface area (Å²) in [6.07, 6.45) is 9.17. The minimum Gasteiger partial charge on any atom is -0.193 e. The molecule has 0 spiro atoms. The van der Waals surface area contributed by atoms with Gasteiger partial charge in [0.05, 0.1) is 6.07 Å². The molecule has 0 aliphatic heterocycles. The van der Waals surface area contributed by atoms with E-state index in [2.05, 4.69) is 26.8 Å². The third-order valence-electron chi connectivity index (χ3n) is 1.94. The third kappa shape index (κ3) is 8.88. The molecule has 0 saturated carbocycles. The highest BCUT2D eigenvalue weighted by molar-refractivity contribution is 5.01. The van der Waals surface area contributed by atoms with Crippen LogP contribution >= 0.6 is 0 Å². The number of rotatable bonds is 5. The van der Waals surface area contributed by atoms with Gasteiger partial charge in [0.15, 0.2) is 0 Å². The minimum atomic E-state index is 0.681. The van der Waals surface area contributed by atoms with Gasteiger partial charge in [0.1, 0.15) is 0 Å². The Kier molecular flexibility index (Phi) is 7.01. The highest BCUT2D eigenvalue weighted by Crippen LogP contribution is 2.11. The zero-order valence-corrected chi connectivity index (χ0v) is 8.88. The van der Waals surface area contributed by atoms with Crippen LogP contribution in [0.3, 0.4) is 0 Å². The molecule has 0 saturated heterocycles. The zero-order valence-electron chi connectivity index (χ0n) is 8.88. The normalized spacial score (nSPS) is 12.5. The molecular formula is C12H19N. The van der Waals surface area contributed by atoms with Crippen LogP contribution in [-0.4, -0.2) is 0 Å². The summed E-state index contributed by atoms with van der Waals surface area (Å²) in [7, 11) is 0. The molecule has 0 N–H and O–H groups in total. The highest BCUT2D eigenvalue weighted by atomic mass is 14.2. The van der Waals surface area contributed by atoms with Crippen molar-refractivity contribution >= 4 is 0 Å². The molecule has 0 aliphatic rings. The molecule has 0 aromatic carbocycles. The SMILES string of the molecule is CC(C)=CCCC(C)C/C=C/C#N. The van der Waals surface area contributed by atoms with Crippen molar-refractivity contribution in [3.63, 3.8) is 0 Å². The van der Waals surface area contributed by atoms with Gasteiger partial charge in [-0.25, -0.2) is 0 Å². The predicted octanol–water partition coefficient (Wildman–Crippen LogP) is 3.84. The molecule has 13 heavy (non-hydrogen) atoms. The maximum atomic E-state index is 8.28. The van der Waals surface area contributed by atoms with Crippen LogP contribution in [0.1, 0.15) is 40.0 Å². The van der Waals surface area contributed by atoms with Crippen LogP contribution in [0.25, 0.3) is 0 Å². The van der Waals surface area contributed by atoms with E-state index >= 15 is 0 Å². The monoisotopic (exact) mass is 177 g/mol. The molecule has 1 unspecified atom stereocenters. The second kappa shape index (κ2) is 7.61. The minimum absolute atomic E-state index is 0.681. The summed E-state index contributed by atoms with van der Waals surface area (Å²) in [4.78, 5) is 0. The Morgan fingerprint density at radius 2 is 2.15 bits per heavy atom. The molecule has 0 aromatic heterocycles. The van der Waals surface area contributed by atoms with Gasteiger partial charge in [0.25, 0.3) is 0 Å². The molecule has 0 rings (SSSR count). The van der Waals surface area contributed by atoms with E-state index in [0.717, 1.165) is 12.8 Å². The highest BCUT2D eigenvalue weighted by Gasteiger charge is 1.97. The first kappa shape index (κ1) is 12.0. The summed E-state index contributed by atoms with van der Waals surface area (Å²) >= 11 is 0. The third-order valence-corrected chi connectivity index (χ3v) is 1.94. The predicted molar refractivity (Wildman–Crippen MR) is 57.2 cm³/mol. The summed E-state index contributed by atoms with van der Waals surface area (Å²) in [5.41, 5.74) is 1.39. The van der Waals surface area contributed by atoms with Crippen LogP contribution in [0.15, 0.2) is 23.8 Å². The van der Waals surface area contributed by atoms with E-state index in [-0.39, 0.29) is 0 Å². The first-order valence-corrected chi connectivity index (χ1v) is 4.84. The van der Waals surface area contributed by atoms with Crippen molar-refractivity contribution < 1.29 is 0 Å². The number of nitrogens with zero attached hydrogens (tertiary/aromatic N) is 1. The van der Waals surface area contributed by atoms with Crippen molar-refractivity contribution in [2.75, 3.05) is 0 Å². The maximum absolute atomic E-state index is 8.28. The van der Waals surface area contributed by atoms with Gasteiger partial charge in [-0.05, 0) is 39.0 Å². The van der Waals surface area contributed by atoms with Crippen molar-refractivity contribution in [1.29, 1.82) is 5.26 Å². The summed E-state index contributed by atoms with van der Waals surface area (Å²) < 4.78 is 0. The van der Waals surface area contributed by atoms with Gasteiger partial charge in [-0.15, -0.1) is 0 Å². The summed E-state index contributed by atoms with van der Waals surface area (Å²) in [6.45, 7) is 6.47. The van der Waals surface area contributed by atoms with Crippen LogP contribution in [0, 0.1) is 17.2 Å². The Bertz CT molecular complexity index is 214. The van der Waals surface area contributed by atoms with E-state index < -0.39 is 0 Å². The first-order chi connectivity index (χ1) is 6.16. The molecule has 0 radical (unpaired) electrons. The molecular weight excluding hydrogens is 158 g/mol. The van der Waals surface area contributed by atoms with E-state index in [0.29, 0.717) is 5.92 Å². The van der Waals surface area contributed by atoms with Crippen molar-refractivity contribution in [1.82, 2.24) is 0 Å². The van der Waals surface area contributed by atoms with Gasteiger partial charge in [-0.1, -0.05) is 24.6 Å². The number of nitriles is 1. The average molecular weight is 177 g/mol. The van der Waals surface area contributed by atoms with Crippen molar-refractivity contribution in [2.24, 2.45) is 5.92 Å². The van der Waals surface area contributed by atoms with Crippen LogP contribution in [0.4, 0.5) is 0 Å². The molecule has 1 atom stereocenters. The second-order valence-electron chi connectivity index (χ2n) is 3.73. The molecule has 0 fully saturated rings. The molecule has 0 amide bonds. The quantitative estimate of drug-likeness (QED) is 0.462. The van der Waals surface area contributed by atoms with E-state index in [1.807, 2.05) is 12.1 Å². The lowest BCUT2D eigenvalue weighted by molar-refractivity contribution is 0.546. The lowest BCUT2D eigenvalue weighted by Crippen LogP contribution is -1.91. The van der Waals surface area contributed by atoms with Crippen LogP contribution in [0.5, 0.6) is 0 Å². The van der Waals surface area contributed by atoms with Gasteiger partial charge < -0.3 is 0 Å². The van der Waals surface area contributed by atoms with Gasteiger partial charge in [-0.2, -0.15) is 5.26 Å². The summed E-state index contributed by atoms with van der Waals surface area (Å²) in [5, 5.41) is 8.28. The molecule has 1 heteroatoms. The Morgan fingerprint density at radius 1 is 1.46 bits per heavy atom. The van der Waals surface area contributed by atoms with Gasteiger partial charge in [0.2, 0.25) is 0 Å². The lowest BCUT2D eigenvalue weighted by Gasteiger charge is -2.05. The van der Waals surface area contributed by atoms with E-state index in [1.165, 1.54) is 12.0 Å². The van der Waals surface area contributed by atoms with Crippen LogP contribution in [0.2, 0.25) is 0 Å². The summed E-state index contributed by atoms with van der Waals surface area (Å²) in [5.74, 6) is 0.681. The van der Waals surface area contributed by atoms with Crippen LogP contribution in [-0.2, 0) is 0 Å². The second-order valence-corrected chi connectivity index (χ2v) is 3.73. The fourth-order valence-electron chi connectivity index (χ4n) is 1.13. The standard InChI is InChI=1S/C12H19N/c1-11(2)7-6-9-12(3)8-4-5-10-13/h4-5,7,12H,6,8-9H2,1-3H3/b5-4+. The van der Waals surface area contributed by atoms with Crippen molar-refractivity contribution in [3.05, 3.63) is 23.8 Å². The van der Waals surface area contributed by atoms with Crippen LogP contribution < -0.4 is 0 Å². The Morgan fingerprint density at radius 3 is 2.69 bits per heavy atom. The molecule has 0 aromatic rings. The Hall–Kier alpha value is -1.03. The largest absolute Gasteiger partial charge is 0.193 e. The van der Waals surface area contributed by atoms with Crippen molar-refractivity contribution in [3.8, 4) is 6.07 Å². The molecule has 72 valence electrons. The number of hydrogen-bond acceptors (Lipinski definition) is 1. The van der Waals surface area contributed by atoms with Gasteiger partial charge >= 0.3 is 0 Å². The fraction of sp³-hybridized carbons (Fsp3) is 0.583. The van der Waals surface area contributed by atoms with E-state index in [9.17, 15) is 0 Å². The Balaban J connectivity index is 3.53. The molecule has 0 bridgehead atoms. The topological polar surface area (TPSA) is 23.8 Å². The lowest BCUT2D eigenvalue weighted by atomic mass is 10.0. The summed E-state index contributed by atoms with van der Waals surface area (Å²) in [6, 6.07) is 2.00. The average Bonchev–Trinajstić information content (AvgIpc) is 2.04. The molecule has 0 aliphatic carbocycles. The first-order valence-electron chi connectivity index (χ1n) is 4.84. The zero-order chi connectivity index (χ0) is 10.1. The fourth-order valence-corrected chi connectivity index (χ4v) is 1.13. The van der Waals surface area contributed by atoms with Gasteiger partial charge in [-0.3, -0.25) is 0 Å². The number of hydrogen-bond donors (Lipinski definition) is 0. The van der Waals surface area contributed by atoms with E-state index in [1.54, 1.807) is 6.08 Å². The maximum Gasteiger partial charge on any atom is 0.0908 e. The Labute approximate surface area is 81.8 Å². The number of allylic oxidation sites excluding steroid dienone is 4. The smallest absolute Gasteiger partial charge is 0.0908 e. The molecule has 0 heterocycles. The van der Waals surface area contributed by atoms with Crippen molar-refractivity contribution in [2.45, 2.75) is 40.0 Å². The van der Waals surface area contributed by atoms with E-state index in [4.69, 9.17) is 5.26 Å². The van der Waals surface area contributed by atoms with Gasteiger partial charge in [0, 0.05) is 6.08 Å². The molecule has 1 nitrogen and oxygen atoms in total.